The lowest BCUT2D eigenvalue weighted by Gasteiger charge is -2.28. The first kappa shape index (κ1) is 24.0. The lowest BCUT2D eigenvalue weighted by molar-refractivity contribution is -0.138. The number of hydrogen-bond donors (Lipinski definition) is 3. The molecule has 0 saturated heterocycles. The summed E-state index contributed by atoms with van der Waals surface area (Å²) in [5.41, 5.74) is -0.175. The van der Waals surface area contributed by atoms with Gasteiger partial charge in [0.05, 0.1) is 15.6 Å². The van der Waals surface area contributed by atoms with Crippen molar-refractivity contribution in [1.29, 1.82) is 0 Å². The maximum absolute atomic E-state index is 13.3. The van der Waals surface area contributed by atoms with Crippen molar-refractivity contribution in [2.75, 3.05) is 11.9 Å². The maximum Gasteiger partial charge on any atom is 0.416 e. The summed E-state index contributed by atoms with van der Waals surface area (Å²) in [6.07, 6.45) is -1.68. The predicted octanol–water partition coefficient (Wildman–Crippen LogP) is 5.37. The Bertz CT molecular complexity index is 1000. The summed E-state index contributed by atoms with van der Waals surface area (Å²) in [7, 11) is 0. The van der Waals surface area contributed by atoms with Crippen LogP contribution in [0.1, 0.15) is 40.7 Å². The molecule has 1 amide bonds. The second-order valence-corrected chi connectivity index (χ2v) is 8.14. The van der Waals surface area contributed by atoms with Crippen LogP contribution in [0.2, 0.25) is 10.0 Å². The Balaban J connectivity index is 1.77. The highest BCUT2D eigenvalue weighted by Gasteiger charge is 2.31. The number of alkyl halides is 3. The molecule has 11 heteroatoms. The Morgan fingerprint density at radius 2 is 1.75 bits per heavy atom. The molecule has 3 rings (SSSR count). The van der Waals surface area contributed by atoms with E-state index in [0.29, 0.717) is 5.69 Å². The smallest absolute Gasteiger partial charge is 0.416 e. The standard InChI is InChI=1S/C21H19Cl2F3N2O4/c22-16-6-12(20(31)27-9-18(29)30)7-17(23)19(16)32-10-11-4-13(21(24,25)26)8-15(5-11)28-14-2-1-3-14/h4-8,14,28H,1-3,9-10H2,(H,27,31)(H,29,30). The number of aliphatic carboxylic acids is 1. The molecule has 0 spiro atoms. The van der Waals surface area contributed by atoms with Crippen LogP contribution in [0, 0.1) is 0 Å². The van der Waals surface area contributed by atoms with Crippen molar-refractivity contribution in [3.05, 3.63) is 57.1 Å². The summed E-state index contributed by atoms with van der Waals surface area (Å²) in [5.74, 6) is -1.93. The summed E-state index contributed by atoms with van der Waals surface area (Å²) in [5, 5.41) is 13.8. The Kier molecular flexibility index (Phi) is 7.40. The highest BCUT2D eigenvalue weighted by molar-refractivity contribution is 6.37. The van der Waals surface area contributed by atoms with Crippen molar-refractivity contribution >= 4 is 40.8 Å². The molecule has 3 N–H and O–H groups in total. The van der Waals surface area contributed by atoms with Gasteiger partial charge in [-0.3, -0.25) is 9.59 Å². The fourth-order valence-corrected chi connectivity index (χ4v) is 3.65. The number of anilines is 1. The molecular weight excluding hydrogens is 472 g/mol. The minimum Gasteiger partial charge on any atom is -0.486 e. The Morgan fingerprint density at radius 1 is 1.09 bits per heavy atom. The van der Waals surface area contributed by atoms with Gasteiger partial charge in [0.15, 0.2) is 5.75 Å². The van der Waals surface area contributed by atoms with Gasteiger partial charge in [-0.2, -0.15) is 13.2 Å². The van der Waals surface area contributed by atoms with Crippen LogP contribution >= 0.6 is 23.2 Å². The summed E-state index contributed by atoms with van der Waals surface area (Å²) in [6, 6.07) is 6.23. The third-order valence-corrected chi connectivity index (χ3v) is 5.40. The van der Waals surface area contributed by atoms with Crippen LogP contribution in [-0.2, 0) is 17.6 Å². The van der Waals surface area contributed by atoms with Crippen LogP contribution in [0.15, 0.2) is 30.3 Å². The van der Waals surface area contributed by atoms with Gasteiger partial charge in [0.25, 0.3) is 5.91 Å². The third kappa shape index (κ3) is 6.20. The quantitative estimate of drug-likeness (QED) is 0.462. The number of ether oxygens (including phenoxy) is 1. The normalized spacial score (nSPS) is 13.9. The number of halogens is 5. The molecule has 0 bridgehead atoms. The van der Waals surface area contributed by atoms with Crippen LogP contribution in [0.4, 0.5) is 18.9 Å². The van der Waals surface area contributed by atoms with Crippen molar-refractivity contribution in [2.45, 2.75) is 38.1 Å². The summed E-state index contributed by atoms with van der Waals surface area (Å²) >= 11 is 12.3. The van der Waals surface area contributed by atoms with E-state index in [1.54, 1.807) is 6.07 Å². The average Bonchev–Trinajstić information content (AvgIpc) is 2.67. The number of amides is 1. The molecule has 1 aliphatic rings. The maximum atomic E-state index is 13.3. The van der Waals surface area contributed by atoms with Gasteiger partial charge in [-0.1, -0.05) is 23.2 Å². The van der Waals surface area contributed by atoms with E-state index >= 15 is 0 Å². The number of nitrogens with one attached hydrogen (secondary N) is 2. The van der Waals surface area contributed by atoms with Crippen molar-refractivity contribution in [1.82, 2.24) is 5.32 Å². The minimum atomic E-state index is -4.52. The van der Waals surface area contributed by atoms with Gasteiger partial charge in [-0.25, -0.2) is 0 Å². The molecule has 2 aromatic carbocycles. The van der Waals surface area contributed by atoms with Crippen molar-refractivity contribution in [3.8, 4) is 5.75 Å². The van der Waals surface area contributed by atoms with E-state index in [1.807, 2.05) is 0 Å². The van der Waals surface area contributed by atoms with E-state index in [0.717, 1.165) is 31.4 Å². The van der Waals surface area contributed by atoms with E-state index in [9.17, 15) is 22.8 Å². The van der Waals surface area contributed by atoms with Gasteiger partial charge in [0, 0.05) is 17.3 Å². The number of carboxylic acid groups (broad SMARTS) is 1. The van der Waals surface area contributed by atoms with Crippen LogP contribution < -0.4 is 15.4 Å². The zero-order valence-electron chi connectivity index (χ0n) is 16.6. The number of hydrogen-bond acceptors (Lipinski definition) is 4. The first-order valence-electron chi connectivity index (χ1n) is 9.62. The lowest BCUT2D eigenvalue weighted by atomic mass is 9.93. The molecular formula is C21H19Cl2F3N2O4. The zero-order chi connectivity index (χ0) is 23.5. The Labute approximate surface area is 191 Å². The number of carbonyl (C=O) groups is 2. The summed E-state index contributed by atoms with van der Waals surface area (Å²) < 4.78 is 45.5. The summed E-state index contributed by atoms with van der Waals surface area (Å²) in [6.45, 7) is -0.827. The third-order valence-electron chi connectivity index (χ3n) is 4.84. The number of carboxylic acids is 1. The average molecular weight is 491 g/mol. The van der Waals surface area contributed by atoms with Gasteiger partial charge in [0.2, 0.25) is 0 Å². The van der Waals surface area contributed by atoms with Crippen LogP contribution in [0.25, 0.3) is 0 Å². The molecule has 0 heterocycles. The first-order chi connectivity index (χ1) is 15.0. The molecule has 32 heavy (non-hydrogen) atoms. The highest BCUT2D eigenvalue weighted by atomic mass is 35.5. The molecule has 0 aromatic heterocycles. The topological polar surface area (TPSA) is 87.7 Å². The molecule has 2 aromatic rings. The van der Waals surface area contributed by atoms with Crippen LogP contribution in [0.3, 0.4) is 0 Å². The summed E-state index contributed by atoms with van der Waals surface area (Å²) in [4.78, 5) is 22.6. The molecule has 0 radical (unpaired) electrons. The van der Waals surface area contributed by atoms with Gasteiger partial charge >= 0.3 is 12.1 Å². The Hall–Kier alpha value is -2.65. The van der Waals surface area contributed by atoms with Crippen molar-refractivity contribution < 1.29 is 32.6 Å². The molecule has 1 aliphatic carbocycles. The molecule has 172 valence electrons. The molecule has 1 saturated carbocycles. The monoisotopic (exact) mass is 490 g/mol. The number of carbonyl (C=O) groups excluding carboxylic acids is 1. The molecule has 1 fully saturated rings. The molecule has 6 nitrogen and oxygen atoms in total. The fourth-order valence-electron chi connectivity index (χ4n) is 3.05. The minimum absolute atomic E-state index is 0.00553. The second-order valence-electron chi connectivity index (χ2n) is 7.32. The zero-order valence-corrected chi connectivity index (χ0v) is 18.1. The van der Waals surface area contributed by atoms with Crippen molar-refractivity contribution in [2.24, 2.45) is 0 Å². The SMILES string of the molecule is O=C(O)CNC(=O)c1cc(Cl)c(OCc2cc(NC3CCC3)cc(C(F)(F)F)c2)c(Cl)c1. The van der Waals surface area contributed by atoms with E-state index in [1.165, 1.54) is 12.1 Å². The number of rotatable bonds is 8. The molecule has 0 atom stereocenters. The second kappa shape index (κ2) is 9.87. The van der Waals surface area contributed by atoms with E-state index in [2.05, 4.69) is 10.6 Å². The van der Waals surface area contributed by atoms with Gasteiger partial charge < -0.3 is 20.5 Å². The van der Waals surface area contributed by atoms with E-state index < -0.39 is 30.2 Å². The molecule has 0 aliphatic heterocycles. The van der Waals surface area contributed by atoms with Crippen LogP contribution in [-0.4, -0.2) is 29.6 Å². The van der Waals surface area contributed by atoms with Gasteiger partial charge in [0.1, 0.15) is 13.2 Å². The molecule has 0 unspecified atom stereocenters. The number of benzene rings is 2. The van der Waals surface area contributed by atoms with E-state index in [-0.39, 0.29) is 39.6 Å². The van der Waals surface area contributed by atoms with E-state index in [4.69, 9.17) is 33.0 Å². The lowest BCUT2D eigenvalue weighted by Crippen LogP contribution is -2.29. The van der Waals surface area contributed by atoms with Gasteiger partial charge in [-0.05, 0) is 55.2 Å². The highest BCUT2D eigenvalue weighted by Crippen LogP contribution is 2.36. The largest absolute Gasteiger partial charge is 0.486 e. The predicted molar refractivity (Wildman–Crippen MR) is 113 cm³/mol. The Morgan fingerprint density at radius 3 is 2.28 bits per heavy atom. The fraction of sp³-hybridized carbons (Fsp3) is 0.333. The first-order valence-corrected chi connectivity index (χ1v) is 10.4. The van der Waals surface area contributed by atoms with Crippen LogP contribution in [0.5, 0.6) is 5.75 Å². The van der Waals surface area contributed by atoms with Crippen molar-refractivity contribution in [3.63, 3.8) is 0 Å². The van der Waals surface area contributed by atoms with Gasteiger partial charge in [-0.15, -0.1) is 0 Å².